The van der Waals surface area contributed by atoms with E-state index in [-0.39, 0.29) is 30.4 Å². The zero-order chi connectivity index (χ0) is 22.3. The van der Waals surface area contributed by atoms with Gasteiger partial charge in [0.15, 0.2) is 0 Å². The normalized spacial score (nSPS) is 15.8. The van der Waals surface area contributed by atoms with Crippen molar-refractivity contribution in [3.63, 3.8) is 0 Å². The highest BCUT2D eigenvalue weighted by Gasteiger charge is 2.28. The van der Waals surface area contributed by atoms with Gasteiger partial charge >= 0.3 is 6.09 Å². The van der Waals surface area contributed by atoms with Crippen LogP contribution in [0.5, 0.6) is 0 Å². The van der Waals surface area contributed by atoms with Gasteiger partial charge in [-0.2, -0.15) is 5.26 Å². The number of hydrogen-bond donors (Lipinski definition) is 1. The van der Waals surface area contributed by atoms with Crippen molar-refractivity contribution in [2.24, 2.45) is 5.92 Å². The van der Waals surface area contributed by atoms with Crippen LogP contribution in [0.4, 0.5) is 4.79 Å². The number of rotatable bonds is 7. The minimum Gasteiger partial charge on any atom is -0.445 e. The van der Waals surface area contributed by atoms with Crippen LogP contribution in [-0.2, 0) is 21.4 Å². The van der Waals surface area contributed by atoms with Gasteiger partial charge in [0.2, 0.25) is 10.0 Å². The molecule has 0 aliphatic carbocycles. The number of likely N-dealkylation sites (tertiary alicyclic amines) is 1. The van der Waals surface area contributed by atoms with Crippen molar-refractivity contribution in [1.82, 2.24) is 9.62 Å². The van der Waals surface area contributed by atoms with Crippen LogP contribution in [0.25, 0.3) is 0 Å². The van der Waals surface area contributed by atoms with Crippen molar-refractivity contribution in [3.05, 3.63) is 71.3 Å². The predicted molar refractivity (Wildman–Crippen MR) is 117 cm³/mol. The molecular weight excluding hydrogens is 414 g/mol. The maximum Gasteiger partial charge on any atom is 0.410 e. The van der Waals surface area contributed by atoms with Crippen LogP contribution in [0.15, 0.2) is 54.6 Å². The van der Waals surface area contributed by atoms with E-state index in [1.165, 1.54) is 0 Å². The molecule has 1 fully saturated rings. The molecule has 0 radical (unpaired) electrons. The Kier molecular flexibility index (Phi) is 7.66. The lowest BCUT2D eigenvalue weighted by Gasteiger charge is -2.31. The van der Waals surface area contributed by atoms with Crippen molar-refractivity contribution in [2.45, 2.75) is 32.4 Å². The molecule has 0 saturated carbocycles. The van der Waals surface area contributed by atoms with Gasteiger partial charge < -0.3 is 9.64 Å². The molecule has 0 bridgehead atoms. The summed E-state index contributed by atoms with van der Waals surface area (Å²) in [6.45, 7) is 2.98. The van der Waals surface area contributed by atoms with Crippen LogP contribution >= 0.6 is 0 Å². The number of piperidine rings is 1. The summed E-state index contributed by atoms with van der Waals surface area (Å²) < 4.78 is 33.3. The molecule has 7 nitrogen and oxygen atoms in total. The zero-order valence-electron chi connectivity index (χ0n) is 17.5. The third-order valence-electron chi connectivity index (χ3n) is 5.43. The van der Waals surface area contributed by atoms with Gasteiger partial charge in [0.1, 0.15) is 6.61 Å². The SMILES string of the molecule is C[C@@H](NS(=O)(=O)CC1CCN(C(=O)OCc2ccccc2)CC1)c1ccc(C#N)cc1. The van der Waals surface area contributed by atoms with Crippen LogP contribution in [0.3, 0.4) is 0 Å². The monoisotopic (exact) mass is 441 g/mol. The quantitative estimate of drug-likeness (QED) is 0.708. The van der Waals surface area contributed by atoms with E-state index in [0.717, 1.165) is 11.1 Å². The summed E-state index contributed by atoms with van der Waals surface area (Å²) in [6, 6.07) is 18.0. The van der Waals surface area contributed by atoms with Crippen LogP contribution in [-0.4, -0.2) is 38.3 Å². The van der Waals surface area contributed by atoms with Gasteiger partial charge in [0.25, 0.3) is 0 Å². The lowest BCUT2D eigenvalue weighted by atomic mass is 9.99. The molecule has 31 heavy (non-hydrogen) atoms. The first-order valence-corrected chi connectivity index (χ1v) is 12.0. The van der Waals surface area contributed by atoms with Crippen molar-refractivity contribution in [2.75, 3.05) is 18.8 Å². The summed E-state index contributed by atoms with van der Waals surface area (Å²) >= 11 is 0. The maximum atomic E-state index is 12.6. The Bertz CT molecular complexity index is 1010. The average Bonchev–Trinajstić information content (AvgIpc) is 2.78. The van der Waals surface area contributed by atoms with Crippen molar-refractivity contribution in [3.8, 4) is 6.07 Å². The Hall–Kier alpha value is -2.89. The Labute approximate surface area is 183 Å². The number of benzene rings is 2. The molecule has 1 amide bonds. The molecule has 8 heteroatoms. The highest BCUT2D eigenvalue weighted by atomic mass is 32.2. The third-order valence-corrected chi connectivity index (χ3v) is 7.05. The molecule has 1 atom stereocenters. The van der Waals surface area contributed by atoms with Gasteiger partial charge in [-0.3, -0.25) is 0 Å². The molecule has 164 valence electrons. The number of sulfonamides is 1. The molecule has 2 aromatic rings. The number of carbonyl (C=O) groups excluding carboxylic acids is 1. The standard InChI is InChI=1S/C23H27N3O4S/c1-18(22-9-7-19(15-24)8-10-22)25-31(28,29)17-21-11-13-26(14-12-21)23(27)30-16-20-5-3-2-4-6-20/h2-10,18,21,25H,11-14,16-17H2,1H3/t18-/m1/s1. The molecule has 2 aromatic carbocycles. The van der Waals surface area contributed by atoms with Gasteiger partial charge in [-0.25, -0.2) is 17.9 Å². The fraction of sp³-hybridized carbons (Fsp3) is 0.391. The highest BCUT2D eigenvalue weighted by molar-refractivity contribution is 7.89. The molecule has 1 saturated heterocycles. The summed E-state index contributed by atoms with van der Waals surface area (Å²) in [5, 5.41) is 8.88. The minimum absolute atomic E-state index is 0.0103. The Morgan fingerprint density at radius 3 is 2.42 bits per heavy atom. The van der Waals surface area contributed by atoms with E-state index in [1.54, 1.807) is 36.1 Å². The third kappa shape index (κ3) is 6.81. The molecule has 1 N–H and O–H groups in total. The van der Waals surface area contributed by atoms with E-state index >= 15 is 0 Å². The number of nitrogens with one attached hydrogen (secondary N) is 1. The highest BCUT2D eigenvalue weighted by Crippen LogP contribution is 2.21. The lowest BCUT2D eigenvalue weighted by Crippen LogP contribution is -2.41. The van der Waals surface area contributed by atoms with Crippen molar-refractivity contribution < 1.29 is 17.9 Å². The topological polar surface area (TPSA) is 99.5 Å². The smallest absolute Gasteiger partial charge is 0.410 e. The van der Waals surface area contributed by atoms with Gasteiger partial charge in [-0.1, -0.05) is 42.5 Å². The first kappa shape index (κ1) is 22.8. The second-order valence-corrected chi connectivity index (χ2v) is 9.62. The maximum absolute atomic E-state index is 12.6. The first-order valence-electron chi connectivity index (χ1n) is 10.3. The number of nitrogens with zero attached hydrogens (tertiary/aromatic N) is 2. The van der Waals surface area contributed by atoms with Crippen LogP contribution in [0, 0.1) is 17.2 Å². The van der Waals surface area contributed by atoms with Crippen LogP contribution in [0.2, 0.25) is 0 Å². The molecule has 3 rings (SSSR count). The summed E-state index contributed by atoms with van der Waals surface area (Å²) in [5.41, 5.74) is 2.27. The summed E-state index contributed by atoms with van der Waals surface area (Å²) in [5.74, 6) is 0.0180. The fourth-order valence-corrected chi connectivity index (χ4v) is 5.36. The van der Waals surface area contributed by atoms with Crippen LogP contribution in [0.1, 0.15) is 42.5 Å². The summed E-state index contributed by atoms with van der Waals surface area (Å²) in [7, 11) is -3.48. The minimum atomic E-state index is -3.48. The van der Waals surface area contributed by atoms with Crippen LogP contribution < -0.4 is 4.72 Å². The summed E-state index contributed by atoms with van der Waals surface area (Å²) in [6.07, 6.45) is 0.872. The molecule has 0 unspecified atom stereocenters. The Morgan fingerprint density at radius 1 is 1.16 bits per heavy atom. The fourth-order valence-electron chi connectivity index (χ4n) is 3.63. The second-order valence-electron chi connectivity index (χ2n) is 7.83. The number of hydrogen-bond acceptors (Lipinski definition) is 5. The van der Waals surface area contributed by atoms with E-state index in [1.807, 2.05) is 36.4 Å². The number of nitriles is 1. The number of amides is 1. The molecular formula is C23H27N3O4S. The largest absolute Gasteiger partial charge is 0.445 e. The molecule has 1 heterocycles. The molecule has 1 aliphatic rings. The zero-order valence-corrected chi connectivity index (χ0v) is 18.3. The van der Waals surface area contributed by atoms with Gasteiger partial charge in [0.05, 0.1) is 17.4 Å². The number of carbonyl (C=O) groups is 1. The second kappa shape index (κ2) is 10.4. The average molecular weight is 442 g/mol. The predicted octanol–water partition coefficient (Wildman–Crippen LogP) is 3.59. The Balaban J connectivity index is 1.44. The van der Waals surface area contributed by atoms with E-state index in [0.29, 0.717) is 31.5 Å². The lowest BCUT2D eigenvalue weighted by molar-refractivity contribution is 0.0839. The van der Waals surface area contributed by atoms with Gasteiger partial charge in [0, 0.05) is 19.1 Å². The van der Waals surface area contributed by atoms with E-state index in [2.05, 4.69) is 4.72 Å². The van der Waals surface area contributed by atoms with Crippen molar-refractivity contribution >= 4 is 16.1 Å². The van der Waals surface area contributed by atoms with Crippen molar-refractivity contribution in [1.29, 1.82) is 5.26 Å². The first-order chi connectivity index (χ1) is 14.9. The van der Waals surface area contributed by atoms with Gasteiger partial charge in [-0.15, -0.1) is 0 Å². The van der Waals surface area contributed by atoms with E-state index in [9.17, 15) is 13.2 Å². The van der Waals surface area contributed by atoms with E-state index in [4.69, 9.17) is 10.00 Å². The molecule has 0 spiro atoms. The summed E-state index contributed by atoms with van der Waals surface area (Å²) in [4.78, 5) is 13.9. The van der Waals surface area contributed by atoms with Gasteiger partial charge in [-0.05, 0) is 48.9 Å². The Morgan fingerprint density at radius 2 is 1.81 bits per heavy atom. The molecule has 1 aliphatic heterocycles. The molecule has 0 aromatic heterocycles. The number of ether oxygens (including phenoxy) is 1. The van der Waals surface area contributed by atoms with E-state index < -0.39 is 10.0 Å².